The molecule has 2 aromatic rings. The maximum absolute atomic E-state index is 13.9. The Morgan fingerprint density at radius 3 is 2.00 bits per heavy atom. The zero-order valence-corrected chi connectivity index (χ0v) is 30.5. The van der Waals surface area contributed by atoms with E-state index >= 15 is 0 Å². The maximum Gasteiger partial charge on any atom is 0.305 e. The first-order valence-electron chi connectivity index (χ1n) is 16.9. The van der Waals surface area contributed by atoms with Crippen molar-refractivity contribution in [1.82, 2.24) is 20.5 Å². The molecule has 3 amide bonds. The average Bonchev–Trinajstić information content (AvgIpc) is 3.68. The number of carboxylic acids is 1. The maximum atomic E-state index is 13.9. The summed E-state index contributed by atoms with van der Waals surface area (Å²) < 4.78 is 21.4. The Bertz CT molecular complexity index is 1380. The molecule has 2 heterocycles. The van der Waals surface area contributed by atoms with Crippen molar-refractivity contribution in [3.63, 3.8) is 0 Å². The Morgan fingerprint density at radius 2 is 1.48 bits per heavy atom. The number of nitrogens with zero attached hydrogens (tertiary/aromatic N) is 2. The van der Waals surface area contributed by atoms with Gasteiger partial charge in [0.15, 0.2) is 0 Å². The summed E-state index contributed by atoms with van der Waals surface area (Å²) in [6.07, 6.45) is -0.786. The van der Waals surface area contributed by atoms with E-state index in [-0.39, 0.29) is 63.5 Å². The van der Waals surface area contributed by atoms with Gasteiger partial charge in [0, 0.05) is 19.4 Å². The Balaban J connectivity index is 1.42. The minimum absolute atomic E-state index is 0.00856. The van der Waals surface area contributed by atoms with Gasteiger partial charge < -0.3 is 44.7 Å². The van der Waals surface area contributed by atoms with Gasteiger partial charge in [-0.25, -0.2) is 4.98 Å². The number of aliphatic hydroxyl groups excluding tert-OH is 1. The van der Waals surface area contributed by atoms with E-state index in [9.17, 15) is 24.3 Å². The highest BCUT2D eigenvalue weighted by Crippen LogP contribution is 2.29. The third-order valence-corrected chi connectivity index (χ3v) is 9.09. The number of amides is 3. The van der Waals surface area contributed by atoms with Gasteiger partial charge in [0.25, 0.3) is 0 Å². The van der Waals surface area contributed by atoms with Crippen molar-refractivity contribution < 1.29 is 48.3 Å². The molecule has 0 radical (unpaired) electrons. The highest BCUT2D eigenvalue weighted by atomic mass is 32.1. The fourth-order valence-electron chi connectivity index (χ4n) is 5.33. The molecule has 15 heteroatoms. The van der Waals surface area contributed by atoms with Crippen LogP contribution in [-0.2, 0) is 38.1 Å². The second-order valence-corrected chi connectivity index (χ2v) is 14.1. The van der Waals surface area contributed by atoms with Gasteiger partial charge in [-0.3, -0.25) is 19.2 Å². The van der Waals surface area contributed by atoms with E-state index < -0.39 is 35.5 Å². The van der Waals surface area contributed by atoms with Crippen LogP contribution in [-0.4, -0.2) is 121 Å². The van der Waals surface area contributed by atoms with Crippen LogP contribution in [0.3, 0.4) is 0 Å². The van der Waals surface area contributed by atoms with Gasteiger partial charge in [0.05, 0.1) is 87.5 Å². The molecule has 1 aromatic heterocycles. The third kappa shape index (κ3) is 13.3. The molecule has 0 spiro atoms. The van der Waals surface area contributed by atoms with Crippen molar-refractivity contribution in [3.05, 3.63) is 41.0 Å². The minimum atomic E-state index is -0.929. The van der Waals surface area contributed by atoms with Crippen LogP contribution in [0.1, 0.15) is 64.3 Å². The molecule has 4 atom stereocenters. The normalized spacial score (nSPS) is 17.4. The number of rotatable bonds is 21. The molecule has 0 aliphatic carbocycles. The summed E-state index contributed by atoms with van der Waals surface area (Å²) in [5.41, 5.74) is 4.05. The summed E-state index contributed by atoms with van der Waals surface area (Å²) in [5, 5.41) is 24.9. The summed E-state index contributed by atoms with van der Waals surface area (Å²) in [7, 11) is 0. The topological polar surface area (TPSA) is 186 Å². The number of thiazole rings is 1. The number of hydrogen-bond donors (Lipinski definition) is 4. The monoisotopic (exact) mass is 720 g/mol. The summed E-state index contributed by atoms with van der Waals surface area (Å²) in [5.74, 6) is -2.07. The van der Waals surface area contributed by atoms with Crippen molar-refractivity contribution in [2.24, 2.45) is 5.41 Å². The molecule has 278 valence electrons. The molecule has 4 N–H and O–H groups in total. The Morgan fingerprint density at radius 1 is 0.920 bits per heavy atom. The highest BCUT2D eigenvalue weighted by molar-refractivity contribution is 7.13. The minimum Gasteiger partial charge on any atom is -0.481 e. The van der Waals surface area contributed by atoms with E-state index in [1.165, 1.54) is 4.90 Å². The smallest absolute Gasteiger partial charge is 0.305 e. The SMILES string of the molecule is Cc1ncsc1-c1ccc(C(C)NC(=O)C2CC(O)CN2C(=O)C(NC(=O)CCOCCOCCOCCOCCC(=O)O)C(C)(C)C)cc1. The highest BCUT2D eigenvalue weighted by Gasteiger charge is 2.44. The predicted octanol–water partition coefficient (Wildman–Crippen LogP) is 2.72. The lowest BCUT2D eigenvalue weighted by Gasteiger charge is -2.35. The lowest BCUT2D eigenvalue weighted by molar-refractivity contribution is -0.144. The molecule has 1 saturated heterocycles. The van der Waals surface area contributed by atoms with Crippen LogP contribution in [0.2, 0.25) is 0 Å². The van der Waals surface area contributed by atoms with Gasteiger partial charge in [-0.15, -0.1) is 11.3 Å². The third-order valence-electron chi connectivity index (χ3n) is 8.11. The van der Waals surface area contributed by atoms with Gasteiger partial charge in [0.2, 0.25) is 17.7 Å². The number of nitrogens with one attached hydrogen (secondary N) is 2. The summed E-state index contributed by atoms with van der Waals surface area (Å²) in [6, 6.07) is 5.75. The number of carboxylic acid groups (broad SMARTS) is 1. The van der Waals surface area contributed by atoms with Gasteiger partial charge >= 0.3 is 5.97 Å². The van der Waals surface area contributed by atoms with Crippen LogP contribution in [0, 0.1) is 12.3 Å². The molecular formula is C35H52N4O10S. The van der Waals surface area contributed by atoms with Gasteiger partial charge in [0.1, 0.15) is 12.1 Å². The summed E-state index contributed by atoms with van der Waals surface area (Å²) >= 11 is 1.57. The van der Waals surface area contributed by atoms with E-state index in [0.29, 0.717) is 33.0 Å². The molecular weight excluding hydrogens is 668 g/mol. The molecule has 1 aliphatic heterocycles. The number of carbonyl (C=O) groups is 4. The van der Waals surface area contributed by atoms with Crippen molar-refractivity contribution in [1.29, 1.82) is 0 Å². The van der Waals surface area contributed by atoms with Gasteiger partial charge in [-0.2, -0.15) is 0 Å². The fraction of sp³-hybridized carbons (Fsp3) is 0.629. The summed E-state index contributed by atoms with van der Waals surface area (Å²) in [6.45, 7) is 11.5. The van der Waals surface area contributed by atoms with Crippen LogP contribution in [0.4, 0.5) is 0 Å². The number of hydrogen-bond acceptors (Lipinski definition) is 11. The standard InChI is InChI=1S/C35H52N4O10S/c1-23(25-6-8-26(9-7-25)31-24(2)36-22-50-31)37-33(44)28-20-27(40)21-39(28)34(45)32(35(3,4)5)38-29(41)10-12-46-14-16-48-18-19-49-17-15-47-13-11-30(42)43/h6-9,22-23,27-28,32,40H,10-21H2,1-5H3,(H,37,44)(H,38,41)(H,42,43). The molecule has 0 saturated carbocycles. The first-order chi connectivity index (χ1) is 23.8. The fourth-order valence-corrected chi connectivity index (χ4v) is 6.15. The van der Waals surface area contributed by atoms with Gasteiger partial charge in [-0.1, -0.05) is 45.0 Å². The van der Waals surface area contributed by atoms with Crippen molar-refractivity contribution in [3.8, 4) is 10.4 Å². The van der Waals surface area contributed by atoms with Crippen molar-refractivity contribution in [2.45, 2.75) is 78.1 Å². The largest absolute Gasteiger partial charge is 0.481 e. The van der Waals surface area contributed by atoms with Crippen LogP contribution < -0.4 is 10.6 Å². The lowest BCUT2D eigenvalue weighted by Crippen LogP contribution is -2.58. The molecule has 14 nitrogen and oxygen atoms in total. The summed E-state index contributed by atoms with van der Waals surface area (Å²) in [4.78, 5) is 57.4. The Kier molecular flexibility index (Phi) is 16.7. The number of benzene rings is 1. The second kappa shape index (κ2) is 20.4. The lowest BCUT2D eigenvalue weighted by atomic mass is 9.85. The quantitative estimate of drug-likeness (QED) is 0.139. The van der Waals surface area contributed by atoms with E-state index in [1.54, 1.807) is 11.3 Å². The number of carbonyl (C=O) groups excluding carboxylic acids is 3. The number of ether oxygens (including phenoxy) is 4. The number of likely N-dealkylation sites (tertiary alicyclic amines) is 1. The predicted molar refractivity (Wildman–Crippen MR) is 187 cm³/mol. The zero-order chi connectivity index (χ0) is 36.7. The molecule has 1 aromatic carbocycles. The average molecular weight is 721 g/mol. The van der Waals surface area contributed by atoms with Crippen LogP contribution in [0.15, 0.2) is 29.8 Å². The zero-order valence-electron chi connectivity index (χ0n) is 29.6. The van der Waals surface area contributed by atoms with Gasteiger partial charge in [-0.05, 0) is 30.4 Å². The van der Waals surface area contributed by atoms with Crippen molar-refractivity contribution in [2.75, 3.05) is 59.4 Å². The number of aliphatic hydroxyl groups is 1. The number of aliphatic carboxylic acids is 1. The Labute approximate surface area is 297 Å². The molecule has 1 aliphatic rings. The molecule has 50 heavy (non-hydrogen) atoms. The Hall–Kier alpha value is -3.47. The number of aryl methyl sites for hydroxylation is 1. The first-order valence-corrected chi connectivity index (χ1v) is 17.8. The van der Waals surface area contributed by atoms with Crippen LogP contribution >= 0.6 is 11.3 Å². The van der Waals surface area contributed by atoms with E-state index in [2.05, 4.69) is 15.6 Å². The molecule has 3 rings (SSSR count). The number of β-amino-alcohol motifs (C(OH)–C–C–N with tert-alkyl or cyclic N) is 1. The van der Waals surface area contributed by atoms with Crippen molar-refractivity contribution >= 4 is 35.0 Å². The van der Waals surface area contributed by atoms with E-state index in [4.69, 9.17) is 24.1 Å². The molecule has 4 unspecified atom stereocenters. The van der Waals surface area contributed by atoms with Crippen LogP contribution in [0.25, 0.3) is 10.4 Å². The molecule has 1 fully saturated rings. The second-order valence-electron chi connectivity index (χ2n) is 13.2. The number of aromatic nitrogens is 1. The molecule has 0 bridgehead atoms. The van der Waals surface area contributed by atoms with Crippen LogP contribution in [0.5, 0.6) is 0 Å². The first kappa shape index (κ1) is 41.0. The van der Waals surface area contributed by atoms with E-state index in [0.717, 1.165) is 21.7 Å². The van der Waals surface area contributed by atoms with E-state index in [1.807, 2.05) is 64.4 Å².